The molecule has 1 heterocycles. The van der Waals surface area contributed by atoms with Crippen molar-refractivity contribution >= 4 is 5.91 Å². The van der Waals surface area contributed by atoms with Crippen LogP contribution in [0.3, 0.4) is 0 Å². The van der Waals surface area contributed by atoms with Crippen LogP contribution in [0.5, 0.6) is 0 Å². The monoisotopic (exact) mass is 591 g/mol. The molecule has 5 fully saturated rings. The van der Waals surface area contributed by atoms with Gasteiger partial charge < -0.3 is 30.5 Å². The number of hydrogen-bond acceptors (Lipinski definition) is 6. The molecule has 4 aliphatic carbocycles. The molecule has 5 rings (SSSR count). The summed E-state index contributed by atoms with van der Waals surface area (Å²) in [5, 5.41) is 46.1. The molecular weight excluding hydrogens is 530 g/mol. The maximum atomic E-state index is 11.6. The zero-order chi connectivity index (χ0) is 30.6. The van der Waals surface area contributed by atoms with Crippen LogP contribution in [0.2, 0.25) is 0 Å². The quantitative estimate of drug-likeness (QED) is 0.270. The molecule has 7 heteroatoms. The van der Waals surface area contributed by atoms with E-state index in [9.17, 15) is 25.2 Å². The summed E-state index contributed by atoms with van der Waals surface area (Å²) in [6.07, 6.45) is 10.2. The van der Waals surface area contributed by atoms with Crippen molar-refractivity contribution in [3.05, 3.63) is 0 Å². The van der Waals surface area contributed by atoms with Gasteiger partial charge in [-0.3, -0.25) is 4.79 Å². The zero-order valence-corrected chi connectivity index (χ0v) is 27.2. The van der Waals surface area contributed by atoms with Gasteiger partial charge in [-0.1, -0.05) is 53.9 Å². The molecule has 0 aromatic rings. The number of fused-ring (bicyclic) bond motifs is 5. The summed E-state index contributed by atoms with van der Waals surface area (Å²) in [7, 11) is 0. The molecule has 0 radical (unpaired) electrons. The average molecular weight is 592 g/mol. The maximum absolute atomic E-state index is 11.6. The number of aliphatic hydroxyl groups is 4. The van der Waals surface area contributed by atoms with Gasteiger partial charge in [0.2, 0.25) is 5.91 Å². The Morgan fingerprint density at radius 2 is 1.60 bits per heavy atom. The molecule has 2 unspecified atom stereocenters. The van der Waals surface area contributed by atoms with E-state index >= 15 is 0 Å². The van der Waals surface area contributed by atoms with Crippen LogP contribution in [-0.2, 0) is 9.53 Å². The fourth-order valence-corrected chi connectivity index (χ4v) is 11.7. The fraction of sp³-hybridized carbons (Fsp3) is 0.971. The van der Waals surface area contributed by atoms with Gasteiger partial charge in [-0.25, -0.2) is 0 Å². The highest BCUT2D eigenvalue weighted by molar-refractivity contribution is 5.73. The fourth-order valence-electron chi connectivity index (χ4n) is 11.7. The van der Waals surface area contributed by atoms with Gasteiger partial charge in [-0.15, -0.1) is 0 Å². The molecule has 4 saturated carbocycles. The first-order valence-corrected chi connectivity index (χ1v) is 17.4. The Labute approximate surface area is 254 Å². The predicted octanol–water partition coefficient (Wildman–Crippen LogP) is 5.03. The van der Waals surface area contributed by atoms with Crippen molar-refractivity contribution in [1.29, 1.82) is 0 Å². The number of rotatable bonds is 8. The van der Waals surface area contributed by atoms with Crippen LogP contribution in [0, 0.1) is 58.2 Å². The molecule has 42 heavy (non-hydrogen) atoms. The minimum Gasteiger partial charge on any atom is -0.393 e. The molecule has 5 N–H and O–H groups in total. The first-order chi connectivity index (χ1) is 19.8. The van der Waals surface area contributed by atoms with Gasteiger partial charge in [0, 0.05) is 6.92 Å². The van der Waals surface area contributed by atoms with Crippen molar-refractivity contribution < 1.29 is 30.0 Å². The maximum Gasteiger partial charge on any atom is 0.217 e. The van der Waals surface area contributed by atoms with Crippen molar-refractivity contribution in [2.24, 2.45) is 58.2 Å². The van der Waals surface area contributed by atoms with Gasteiger partial charge in [-0.2, -0.15) is 0 Å². The second kappa shape index (κ2) is 12.2. The third-order valence-electron chi connectivity index (χ3n) is 14.0. The number of amides is 1. The lowest BCUT2D eigenvalue weighted by Gasteiger charge is -2.63. The summed E-state index contributed by atoms with van der Waals surface area (Å²) < 4.78 is 6.00. The normalized spacial score (nSPS) is 49.6. The van der Waals surface area contributed by atoms with Crippen molar-refractivity contribution in [3.8, 4) is 0 Å². The van der Waals surface area contributed by atoms with E-state index in [1.165, 1.54) is 58.3 Å². The Balaban J connectivity index is 1.28. The predicted molar refractivity (Wildman–Crippen MR) is 163 cm³/mol. The van der Waals surface area contributed by atoms with Crippen molar-refractivity contribution in [2.75, 3.05) is 6.61 Å². The Bertz CT molecular complexity index is 960. The van der Waals surface area contributed by atoms with Gasteiger partial charge in [0.05, 0.1) is 6.61 Å². The largest absolute Gasteiger partial charge is 0.393 e. The first-order valence-electron chi connectivity index (χ1n) is 17.4. The molecular formula is C35H61NO6. The second-order valence-electron chi connectivity index (χ2n) is 16.4. The van der Waals surface area contributed by atoms with E-state index in [2.05, 4.69) is 39.9 Å². The third kappa shape index (κ3) is 5.39. The van der Waals surface area contributed by atoms with Gasteiger partial charge in [-0.05, 0) is 116 Å². The van der Waals surface area contributed by atoms with E-state index in [-0.39, 0.29) is 11.3 Å². The van der Waals surface area contributed by atoms with Crippen molar-refractivity contribution in [2.45, 2.75) is 149 Å². The molecule has 0 spiro atoms. The van der Waals surface area contributed by atoms with E-state index < -0.39 is 42.7 Å². The summed E-state index contributed by atoms with van der Waals surface area (Å²) >= 11 is 0. The van der Waals surface area contributed by atoms with Gasteiger partial charge in [0.15, 0.2) is 6.29 Å². The van der Waals surface area contributed by atoms with E-state index in [4.69, 9.17) is 4.74 Å². The number of carbonyl (C=O) groups excluding carboxylic acids is 1. The topological polar surface area (TPSA) is 119 Å². The van der Waals surface area contributed by atoms with E-state index in [1.807, 2.05) is 0 Å². The molecule has 5 aliphatic rings. The van der Waals surface area contributed by atoms with Gasteiger partial charge >= 0.3 is 0 Å². The summed E-state index contributed by atoms with van der Waals surface area (Å²) in [6, 6.07) is -1.13. The SMILES string of the molecule is CC(=O)N[C@@H]1[C@@H](O)[C@H](O)[C@](CO)(C2CC[C@@]3(C)C(CC[C@H]4[C@@H]5CC[C@H]([C@H](C)CCCC(C)C)[C@@]5(C)CC[C@@H]43)C2)O[C@H]1O. The smallest absolute Gasteiger partial charge is 0.217 e. The van der Waals surface area contributed by atoms with Crippen LogP contribution >= 0.6 is 0 Å². The Morgan fingerprint density at radius 3 is 2.26 bits per heavy atom. The molecule has 0 bridgehead atoms. The third-order valence-corrected chi connectivity index (χ3v) is 14.0. The number of aliphatic hydroxyl groups excluding tert-OH is 4. The Morgan fingerprint density at radius 1 is 0.905 bits per heavy atom. The molecule has 1 amide bonds. The second-order valence-corrected chi connectivity index (χ2v) is 16.4. The van der Waals surface area contributed by atoms with Crippen LogP contribution in [-0.4, -0.2) is 63.1 Å². The lowest BCUT2D eigenvalue weighted by atomic mass is 9.43. The van der Waals surface area contributed by atoms with Crippen LogP contribution in [0.25, 0.3) is 0 Å². The van der Waals surface area contributed by atoms with Crippen molar-refractivity contribution in [1.82, 2.24) is 5.32 Å². The summed E-state index contributed by atoms with van der Waals surface area (Å²) in [4.78, 5) is 11.6. The highest BCUT2D eigenvalue weighted by Gasteiger charge is 2.63. The van der Waals surface area contributed by atoms with Crippen LogP contribution in [0.4, 0.5) is 0 Å². The van der Waals surface area contributed by atoms with Crippen LogP contribution < -0.4 is 5.32 Å². The number of ether oxygens (including phenoxy) is 1. The van der Waals surface area contributed by atoms with E-state index in [0.29, 0.717) is 17.3 Å². The zero-order valence-electron chi connectivity index (χ0n) is 27.2. The summed E-state index contributed by atoms with van der Waals surface area (Å²) in [6.45, 7) is 13.2. The summed E-state index contributed by atoms with van der Waals surface area (Å²) in [5.41, 5.74) is -0.744. The molecule has 0 aromatic carbocycles. The number of hydrogen-bond donors (Lipinski definition) is 5. The van der Waals surface area contributed by atoms with Crippen LogP contribution in [0.15, 0.2) is 0 Å². The number of carbonyl (C=O) groups is 1. The van der Waals surface area contributed by atoms with Crippen LogP contribution in [0.1, 0.15) is 119 Å². The Hall–Kier alpha value is -0.730. The highest BCUT2D eigenvalue weighted by atomic mass is 16.6. The molecule has 242 valence electrons. The minimum absolute atomic E-state index is 0.175. The van der Waals surface area contributed by atoms with Gasteiger partial charge in [0.25, 0.3) is 0 Å². The van der Waals surface area contributed by atoms with E-state index in [1.54, 1.807) is 0 Å². The molecule has 0 aromatic heterocycles. The lowest BCUT2D eigenvalue weighted by Crippen LogP contribution is -2.72. The average Bonchev–Trinajstić information content (AvgIpc) is 3.29. The highest BCUT2D eigenvalue weighted by Crippen LogP contribution is 2.69. The molecule has 1 aliphatic heterocycles. The minimum atomic E-state index is -1.50. The standard InChI is InChI=1S/C35H61NO6/c1-20(2)8-7-9-21(3)26-12-13-27-25-11-10-23-18-24(14-16-33(23,5)28(25)15-17-34(26,27)6)35(19-37)31(40)30(39)29(32(41)42-35)36-22(4)38/h20-21,23-32,37,39-41H,7-19H2,1-6H3,(H,36,38)/t21-,23?,24?,25+,26-,27+,28+,29-,30-,31+,32-,33+,34-,35+/m1/s1. The first kappa shape index (κ1) is 32.7. The van der Waals surface area contributed by atoms with E-state index in [0.717, 1.165) is 55.3 Å². The van der Waals surface area contributed by atoms with Gasteiger partial charge in [0.1, 0.15) is 23.9 Å². The number of nitrogens with one attached hydrogen (secondary N) is 1. The molecule has 14 atom stereocenters. The summed E-state index contributed by atoms with van der Waals surface area (Å²) in [5.74, 6) is 4.66. The lowest BCUT2D eigenvalue weighted by molar-refractivity contribution is -0.322. The molecule has 1 saturated heterocycles. The van der Waals surface area contributed by atoms with Crippen molar-refractivity contribution in [3.63, 3.8) is 0 Å². The Kier molecular flexibility index (Phi) is 9.51. The molecule has 7 nitrogen and oxygen atoms in total.